The lowest BCUT2D eigenvalue weighted by atomic mass is 10.0. The van der Waals surface area contributed by atoms with Crippen molar-refractivity contribution >= 4 is 22.7 Å². The molecule has 34 heavy (non-hydrogen) atoms. The number of phenols is 1. The highest BCUT2D eigenvalue weighted by Gasteiger charge is 2.31. The van der Waals surface area contributed by atoms with Gasteiger partial charge in [-0.25, -0.2) is 0 Å². The van der Waals surface area contributed by atoms with E-state index in [0.717, 1.165) is 53.5 Å². The van der Waals surface area contributed by atoms with Crippen molar-refractivity contribution in [3.05, 3.63) is 65.2 Å². The average molecular weight is 462 g/mol. The van der Waals surface area contributed by atoms with Gasteiger partial charge in [0.1, 0.15) is 5.75 Å². The number of aromatic hydroxyl groups is 1. The fraction of sp³-hybridized carbons (Fsp3) is 0.357. The summed E-state index contributed by atoms with van der Waals surface area (Å²) < 4.78 is 6.43. The summed E-state index contributed by atoms with van der Waals surface area (Å²) in [4.78, 5) is 6.34. The molecule has 180 valence electrons. The summed E-state index contributed by atoms with van der Waals surface area (Å²) in [5.74, 6) is 1.67. The highest BCUT2D eigenvalue weighted by molar-refractivity contribution is 5.82. The van der Waals surface area contributed by atoms with E-state index in [1.54, 1.807) is 0 Å². The lowest BCUT2D eigenvalue weighted by molar-refractivity contribution is 0.181. The molecule has 0 aliphatic carbocycles. The van der Waals surface area contributed by atoms with Gasteiger partial charge in [0.25, 0.3) is 0 Å². The molecule has 1 atom stereocenters. The van der Waals surface area contributed by atoms with Crippen molar-refractivity contribution in [3.8, 4) is 17.2 Å². The molecule has 1 unspecified atom stereocenters. The molecule has 0 saturated carbocycles. The molecule has 0 radical (unpaired) electrons. The van der Waals surface area contributed by atoms with E-state index < -0.39 is 6.23 Å². The van der Waals surface area contributed by atoms with E-state index in [-0.39, 0.29) is 5.75 Å². The summed E-state index contributed by atoms with van der Waals surface area (Å²) in [7, 11) is 2.05. The molecule has 1 aliphatic rings. The number of benzene rings is 3. The maximum atomic E-state index is 11.6. The number of aliphatic hydroxyl groups is 1. The van der Waals surface area contributed by atoms with Gasteiger partial charge in [-0.3, -0.25) is 0 Å². The van der Waals surface area contributed by atoms with E-state index in [1.807, 2.05) is 62.2 Å². The van der Waals surface area contributed by atoms with Crippen molar-refractivity contribution in [2.24, 2.45) is 0 Å². The number of nitrogens with zero attached hydrogens (tertiary/aromatic N) is 3. The molecular formula is C28H35N3O3. The number of aryl methyl sites for hydroxylation is 2. The zero-order chi connectivity index (χ0) is 24.6. The summed E-state index contributed by atoms with van der Waals surface area (Å²) in [5, 5.41) is 21.9. The van der Waals surface area contributed by atoms with Crippen LogP contribution in [0.15, 0.2) is 48.5 Å². The van der Waals surface area contributed by atoms with E-state index in [0.29, 0.717) is 17.1 Å². The molecule has 4 rings (SSSR count). The largest absolute Gasteiger partial charge is 0.507 e. The van der Waals surface area contributed by atoms with Crippen molar-refractivity contribution in [1.29, 1.82) is 0 Å². The van der Waals surface area contributed by atoms with E-state index >= 15 is 0 Å². The molecular weight excluding hydrogens is 426 g/mol. The molecule has 6 nitrogen and oxygen atoms in total. The Morgan fingerprint density at radius 2 is 1.35 bits per heavy atom. The minimum atomic E-state index is -0.951. The van der Waals surface area contributed by atoms with Crippen molar-refractivity contribution in [1.82, 2.24) is 0 Å². The predicted molar refractivity (Wildman–Crippen MR) is 140 cm³/mol. The summed E-state index contributed by atoms with van der Waals surface area (Å²) in [6, 6.07) is 15.9. The second-order valence-electron chi connectivity index (χ2n) is 8.84. The third-order valence-electron chi connectivity index (χ3n) is 6.73. The van der Waals surface area contributed by atoms with E-state index in [2.05, 4.69) is 42.7 Å². The van der Waals surface area contributed by atoms with Crippen molar-refractivity contribution in [2.45, 2.75) is 40.8 Å². The smallest absolute Gasteiger partial charge is 0.157 e. The zero-order valence-electron chi connectivity index (χ0n) is 21.0. The van der Waals surface area contributed by atoms with Crippen LogP contribution in [-0.4, -0.2) is 36.9 Å². The van der Waals surface area contributed by atoms with E-state index in [1.165, 1.54) is 0 Å². The first-order chi connectivity index (χ1) is 16.3. The highest BCUT2D eigenvalue weighted by Crippen LogP contribution is 2.52. The van der Waals surface area contributed by atoms with Gasteiger partial charge in [0.15, 0.2) is 17.7 Å². The summed E-state index contributed by atoms with van der Waals surface area (Å²) in [5.41, 5.74) is 5.92. The van der Waals surface area contributed by atoms with Gasteiger partial charge in [-0.1, -0.05) is 0 Å². The molecule has 0 amide bonds. The van der Waals surface area contributed by atoms with Crippen LogP contribution in [0.25, 0.3) is 0 Å². The molecule has 2 N–H and O–H groups in total. The van der Waals surface area contributed by atoms with Crippen molar-refractivity contribution in [2.75, 3.05) is 41.4 Å². The fourth-order valence-corrected chi connectivity index (χ4v) is 4.57. The number of phenolic OH excluding ortho intramolecular Hbond substituents is 1. The molecule has 0 bridgehead atoms. The molecule has 0 fully saturated rings. The first-order valence-electron chi connectivity index (χ1n) is 12.0. The monoisotopic (exact) mass is 461 g/mol. The minimum Gasteiger partial charge on any atom is -0.507 e. The van der Waals surface area contributed by atoms with Crippen LogP contribution in [0.2, 0.25) is 0 Å². The van der Waals surface area contributed by atoms with Gasteiger partial charge in [-0.15, -0.1) is 0 Å². The van der Waals surface area contributed by atoms with Gasteiger partial charge in [0, 0.05) is 55.8 Å². The van der Waals surface area contributed by atoms with Crippen LogP contribution in [0.5, 0.6) is 17.2 Å². The van der Waals surface area contributed by atoms with Crippen LogP contribution in [0, 0.1) is 13.8 Å². The molecule has 3 aromatic carbocycles. The van der Waals surface area contributed by atoms with Crippen LogP contribution in [0.4, 0.5) is 22.7 Å². The Hall–Kier alpha value is -3.38. The first-order valence-corrected chi connectivity index (χ1v) is 12.0. The van der Waals surface area contributed by atoms with Crippen LogP contribution in [0.1, 0.15) is 43.7 Å². The third-order valence-corrected chi connectivity index (χ3v) is 6.73. The van der Waals surface area contributed by atoms with Crippen LogP contribution >= 0.6 is 0 Å². The topological polar surface area (TPSA) is 59.4 Å². The minimum absolute atomic E-state index is 0.259. The zero-order valence-corrected chi connectivity index (χ0v) is 21.0. The molecule has 6 heteroatoms. The maximum Gasteiger partial charge on any atom is 0.157 e. The van der Waals surface area contributed by atoms with Gasteiger partial charge in [-0.05, 0) is 82.1 Å². The Bertz CT molecular complexity index is 1170. The summed E-state index contributed by atoms with van der Waals surface area (Å²) in [6.07, 6.45) is -0.951. The quantitative estimate of drug-likeness (QED) is 0.434. The highest BCUT2D eigenvalue weighted by atomic mass is 16.5. The number of hydrogen-bond donors (Lipinski definition) is 2. The number of aliphatic hydroxyl groups excluding tert-OH is 1. The maximum absolute atomic E-state index is 11.6. The normalized spacial score (nSPS) is 13.1. The number of hydrogen-bond acceptors (Lipinski definition) is 6. The van der Waals surface area contributed by atoms with Crippen molar-refractivity contribution in [3.63, 3.8) is 0 Å². The van der Waals surface area contributed by atoms with Crippen LogP contribution < -0.4 is 19.4 Å². The number of rotatable bonds is 7. The van der Waals surface area contributed by atoms with Gasteiger partial charge in [0.2, 0.25) is 0 Å². The molecule has 1 heterocycles. The second-order valence-corrected chi connectivity index (χ2v) is 8.84. The fourth-order valence-electron chi connectivity index (χ4n) is 4.57. The standard InChI is InChI=1S/C28H35N3O3/c1-7-29(6)21-10-12-23-25(16-21)34-26-17-22(30(8-2)9-3)11-13-24(26)31(23)28(33)20-14-18(4)27(32)19(5)15-20/h10-17,28,32-33H,7-9H2,1-6H3. The molecule has 1 aliphatic heterocycles. The Kier molecular flexibility index (Phi) is 6.62. The molecule has 0 saturated heterocycles. The lowest BCUT2D eigenvalue weighted by Crippen LogP contribution is -2.27. The third kappa shape index (κ3) is 4.14. The van der Waals surface area contributed by atoms with Gasteiger partial charge >= 0.3 is 0 Å². The summed E-state index contributed by atoms with van der Waals surface area (Å²) in [6.45, 7) is 12.8. The SMILES string of the molecule is CCN(C)c1ccc2c(c1)Oc1cc(N(CC)CC)ccc1N2C(O)c1cc(C)c(O)c(C)c1. The van der Waals surface area contributed by atoms with E-state index in [4.69, 9.17) is 4.74 Å². The second kappa shape index (κ2) is 9.47. The van der Waals surface area contributed by atoms with Gasteiger partial charge < -0.3 is 29.6 Å². The van der Waals surface area contributed by atoms with Crippen LogP contribution in [-0.2, 0) is 0 Å². The Labute approximate surface area is 202 Å². The van der Waals surface area contributed by atoms with Gasteiger partial charge in [-0.2, -0.15) is 0 Å². The number of fused-ring (bicyclic) bond motifs is 2. The Balaban J connectivity index is 1.87. The molecule has 0 aromatic heterocycles. The molecule has 3 aromatic rings. The first kappa shape index (κ1) is 23.8. The van der Waals surface area contributed by atoms with Gasteiger partial charge in [0.05, 0.1) is 11.4 Å². The Morgan fingerprint density at radius 3 is 1.88 bits per heavy atom. The molecule has 0 spiro atoms. The predicted octanol–water partition coefficient (Wildman–Crippen LogP) is 6.25. The average Bonchev–Trinajstić information content (AvgIpc) is 2.84. The van der Waals surface area contributed by atoms with E-state index in [9.17, 15) is 10.2 Å². The lowest BCUT2D eigenvalue weighted by Gasteiger charge is -2.37. The Morgan fingerprint density at radius 1 is 0.824 bits per heavy atom. The summed E-state index contributed by atoms with van der Waals surface area (Å²) >= 11 is 0. The van der Waals surface area contributed by atoms with Crippen molar-refractivity contribution < 1.29 is 14.9 Å². The number of anilines is 4. The van der Waals surface area contributed by atoms with Crippen LogP contribution in [0.3, 0.4) is 0 Å². The number of ether oxygens (including phenoxy) is 1.